The van der Waals surface area contributed by atoms with Gasteiger partial charge in [-0.05, 0) is 39.3 Å². The molecule has 2 heterocycles. The van der Waals surface area contributed by atoms with E-state index in [9.17, 15) is 8.42 Å². The average Bonchev–Trinajstić information content (AvgIpc) is 2.91. The van der Waals surface area contributed by atoms with Gasteiger partial charge in [0, 0.05) is 13.1 Å². The Bertz CT molecular complexity index is 597. The second-order valence-electron chi connectivity index (χ2n) is 5.55. The first kappa shape index (κ1) is 16.3. The van der Waals surface area contributed by atoms with Crippen molar-refractivity contribution in [1.29, 1.82) is 0 Å². The highest BCUT2D eigenvalue weighted by Gasteiger charge is 2.31. The molecule has 21 heavy (non-hydrogen) atoms. The molecule has 7 nitrogen and oxygen atoms in total. The van der Waals surface area contributed by atoms with E-state index in [-0.39, 0.29) is 11.8 Å². The molecule has 0 amide bonds. The van der Waals surface area contributed by atoms with Crippen LogP contribution in [0.1, 0.15) is 36.6 Å². The van der Waals surface area contributed by atoms with Crippen molar-refractivity contribution in [2.45, 2.75) is 32.2 Å². The van der Waals surface area contributed by atoms with E-state index in [1.54, 1.807) is 11.8 Å². The van der Waals surface area contributed by atoms with E-state index in [0.717, 1.165) is 43.1 Å². The molecule has 1 unspecified atom stereocenters. The maximum Gasteiger partial charge on any atom is 0.216 e. The molecule has 120 valence electrons. The van der Waals surface area contributed by atoms with Gasteiger partial charge in [-0.3, -0.25) is 4.90 Å². The lowest BCUT2D eigenvalue weighted by molar-refractivity contribution is 0.250. The third kappa shape index (κ3) is 3.75. The number of nitrogens with two attached hydrogens (primary N) is 1. The van der Waals surface area contributed by atoms with E-state index in [0.29, 0.717) is 6.42 Å². The summed E-state index contributed by atoms with van der Waals surface area (Å²) < 4.78 is 29.3. The summed E-state index contributed by atoms with van der Waals surface area (Å²) in [4.78, 5) is 2.30. The third-order valence-electron chi connectivity index (χ3n) is 3.98. The van der Waals surface area contributed by atoms with Gasteiger partial charge in [0.05, 0.1) is 24.1 Å². The second kappa shape index (κ2) is 6.33. The normalized spacial score (nSPS) is 20.1. The Hall–Kier alpha value is -1.12. The van der Waals surface area contributed by atoms with Gasteiger partial charge in [-0.2, -0.15) is 5.10 Å². The molecule has 2 N–H and O–H groups in total. The van der Waals surface area contributed by atoms with Crippen LogP contribution in [0.3, 0.4) is 0 Å². The number of sulfonamides is 1. The molecular formula is C13H24N4O3S. The molecule has 0 radical (unpaired) electrons. The first-order valence-corrected chi connectivity index (χ1v) is 8.87. The monoisotopic (exact) mass is 316 g/mol. The molecular weight excluding hydrogens is 292 g/mol. The van der Waals surface area contributed by atoms with Crippen LogP contribution < -0.4 is 9.88 Å². The Kier molecular flexibility index (Phi) is 4.90. The lowest BCUT2D eigenvalue weighted by atomic mass is 10.0. The van der Waals surface area contributed by atoms with Crippen LogP contribution in [0.25, 0.3) is 0 Å². The standard InChI is InChI=1S/C13H24N4O3S/c1-10-12(13(20-3)16(2)15-10)11-6-4-7-17(11)8-5-9-21(14,18)19/h11H,4-9H2,1-3H3,(H2,14,18,19). The van der Waals surface area contributed by atoms with Crippen molar-refractivity contribution < 1.29 is 13.2 Å². The van der Waals surface area contributed by atoms with Crippen molar-refractivity contribution in [3.05, 3.63) is 11.3 Å². The molecule has 1 aromatic rings. The predicted molar refractivity (Wildman–Crippen MR) is 80.6 cm³/mol. The molecule has 1 atom stereocenters. The summed E-state index contributed by atoms with van der Waals surface area (Å²) in [5, 5.41) is 9.49. The van der Waals surface area contributed by atoms with Gasteiger partial charge >= 0.3 is 0 Å². The lowest BCUT2D eigenvalue weighted by Gasteiger charge is -2.24. The van der Waals surface area contributed by atoms with Crippen LogP contribution in [0.2, 0.25) is 0 Å². The van der Waals surface area contributed by atoms with Crippen molar-refractivity contribution in [2.24, 2.45) is 12.2 Å². The molecule has 0 aromatic carbocycles. The van der Waals surface area contributed by atoms with Crippen LogP contribution in [0.4, 0.5) is 0 Å². The van der Waals surface area contributed by atoms with Crippen molar-refractivity contribution in [3.8, 4) is 5.88 Å². The fraction of sp³-hybridized carbons (Fsp3) is 0.769. The molecule has 1 aliphatic rings. The third-order valence-corrected chi connectivity index (χ3v) is 4.84. The van der Waals surface area contributed by atoms with Gasteiger partial charge in [-0.25, -0.2) is 18.2 Å². The van der Waals surface area contributed by atoms with Gasteiger partial charge < -0.3 is 4.74 Å². The molecule has 8 heteroatoms. The molecule has 1 saturated heterocycles. The molecule has 0 aliphatic carbocycles. The van der Waals surface area contributed by atoms with Crippen LogP contribution in [0.5, 0.6) is 5.88 Å². The van der Waals surface area contributed by atoms with Gasteiger partial charge in [0.25, 0.3) is 0 Å². The quantitative estimate of drug-likeness (QED) is 0.828. The van der Waals surface area contributed by atoms with Crippen LogP contribution in [-0.2, 0) is 17.1 Å². The topological polar surface area (TPSA) is 90.4 Å². The average molecular weight is 316 g/mol. The largest absolute Gasteiger partial charge is 0.481 e. The number of ether oxygens (including phenoxy) is 1. The number of hydrogen-bond acceptors (Lipinski definition) is 5. The molecule has 2 rings (SSSR count). The number of aromatic nitrogens is 2. The van der Waals surface area contributed by atoms with Gasteiger partial charge in [0.2, 0.25) is 15.9 Å². The summed E-state index contributed by atoms with van der Waals surface area (Å²) in [6, 6.07) is 0.245. The Labute approximate surface area is 126 Å². The van der Waals surface area contributed by atoms with Gasteiger partial charge in [-0.1, -0.05) is 0 Å². The SMILES string of the molecule is COc1c(C2CCCN2CCCS(N)(=O)=O)c(C)nn1C. The number of aryl methyl sites for hydroxylation is 2. The summed E-state index contributed by atoms with van der Waals surface area (Å²) in [7, 11) is 0.141. The Morgan fingerprint density at radius 2 is 2.19 bits per heavy atom. The number of rotatable bonds is 6. The number of nitrogens with zero attached hydrogens (tertiary/aromatic N) is 3. The molecule has 0 saturated carbocycles. The zero-order chi connectivity index (χ0) is 15.6. The zero-order valence-corrected chi connectivity index (χ0v) is 13.7. The Morgan fingerprint density at radius 3 is 2.81 bits per heavy atom. The maximum atomic E-state index is 11.0. The van der Waals surface area contributed by atoms with Gasteiger partial charge in [-0.15, -0.1) is 0 Å². The number of methoxy groups -OCH3 is 1. The van der Waals surface area contributed by atoms with Crippen LogP contribution >= 0.6 is 0 Å². The Morgan fingerprint density at radius 1 is 1.48 bits per heavy atom. The van der Waals surface area contributed by atoms with Crippen LogP contribution in [-0.4, -0.2) is 49.1 Å². The minimum atomic E-state index is -3.38. The van der Waals surface area contributed by atoms with Crippen molar-refractivity contribution >= 4 is 10.0 Å². The molecule has 1 fully saturated rings. The first-order valence-electron chi connectivity index (χ1n) is 7.15. The fourth-order valence-corrected chi connectivity index (χ4v) is 3.70. The van der Waals surface area contributed by atoms with Gasteiger partial charge in [0.15, 0.2) is 0 Å². The van der Waals surface area contributed by atoms with Crippen molar-refractivity contribution in [1.82, 2.24) is 14.7 Å². The molecule has 1 aliphatic heterocycles. The first-order chi connectivity index (χ1) is 9.83. The van der Waals surface area contributed by atoms with E-state index >= 15 is 0 Å². The van der Waals surface area contributed by atoms with E-state index in [2.05, 4.69) is 10.00 Å². The van der Waals surface area contributed by atoms with Crippen LogP contribution in [0.15, 0.2) is 0 Å². The number of hydrogen-bond donors (Lipinski definition) is 1. The van der Waals surface area contributed by atoms with E-state index in [1.807, 2.05) is 14.0 Å². The fourth-order valence-electron chi connectivity index (χ4n) is 3.17. The predicted octanol–water partition coefficient (Wildman–Crippen LogP) is 0.553. The van der Waals surface area contributed by atoms with Gasteiger partial charge in [0.1, 0.15) is 0 Å². The van der Waals surface area contributed by atoms with Crippen molar-refractivity contribution in [2.75, 3.05) is 26.0 Å². The maximum absolute atomic E-state index is 11.0. The molecule has 1 aromatic heterocycles. The molecule has 0 spiro atoms. The number of primary sulfonamides is 1. The van der Waals surface area contributed by atoms with E-state index in [1.165, 1.54) is 0 Å². The van der Waals surface area contributed by atoms with E-state index in [4.69, 9.17) is 9.88 Å². The summed E-state index contributed by atoms with van der Waals surface area (Å²) >= 11 is 0. The smallest absolute Gasteiger partial charge is 0.216 e. The van der Waals surface area contributed by atoms with Crippen molar-refractivity contribution in [3.63, 3.8) is 0 Å². The highest BCUT2D eigenvalue weighted by atomic mass is 32.2. The lowest BCUT2D eigenvalue weighted by Crippen LogP contribution is -2.27. The summed E-state index contributed by atoms with van der Waals surface area (Å²) in [6.07, 6.45) is 2.69. The highest BCUT2D eigenvalue weighted by molar-refractivity contribution is 7.89. The van der Waals surface area contributed by atoms with Crippen LogP contribution in [0, 0.1) is 6.92 Å². The minimum absolute atomic E-state index is 0.0272. The second-order valence-corrected chi connectivity index (χ2v) is 7.28. The summed E-state index contributed by atoms with van der Waals surface area (Å²) in [6.45, 7) is 3.67. The zero-order valence-electron chi connectivity index (χ0n) is 12.9. The number of likely N-dealkylation sites (tertiary alicyclic amines) is 1. The summed E-state index contributed by atoms with van der Waals surface area (Å²) in [5.74, 6) is 0.815. The van der Waals surface area contributed by atoms with E-state index < -0.39 is 10.0 Å². The highest BCUT2D eigenvalue weighted by Crippen LogP contribution is 2.38. The minimum Gasteiger partial charge on any atom is -0.481 e. The summed E-state index contributed by atoms with van der Waals surface area (Å²) in [5.41, 5.74) is 2.09. The Balaban J connectivity index is 2.12. The molecule has 0 bridgehead atoms.